The summed E-state index contributed by atoms with van der Waals surface area (Å²) >= 11 is 2.87. The first-order valence-electron chi connectivity index (χ1n) is 4.78. The van der Waals surface area contributed by atoms with Gasteiger partial charge in [-0.05, 0) is 12.8 Å². The molecule has 15 heavy (non-hydrogen) atoms. The van der Waals surface area contributed by atoms with Crippen molar-refractivity contribution >= 4 is 29.0 Å². The molecule has 0 saturated heterocycles. The summed E-state index contributed by atoms with van der Waals surface area (Å²) in [5.41, 5.74) is 1.66. The molecule has 0 aliphatic rings. The van der Waals surface area contributed by atoms with E-state index < -0.39 is 0 Å². The average Bonchev–Trinajstić information content (AvgIpc) is 2.66. The second kappa shape index (κ2) is 6.07. The van der Waals surface area contributed by atoms with Crippen molar-refractivity contribution in [2.75, 3.05) is 5.75 Å². The first-order chi connectivity index (χ1) is 7.09. The van der Waals surface area contributed by atoms with Crippen molar-refractivity contribution in [1.29, 1.82) is 0 Å². The van der Waals surface area contributed by atoms with Crippen LogP contribution in [0.15, 0.2) is 9.85 Å². The molecule has 0 radical (unpaired) electrons. The van der Waals surface area contributed by atoms with Gasteiger partial charge in [-0.25, -0.2) is 0 Å². The molecule has 0 fully saturated rings. The minimum absolute atomic E-state index is 0.0522. The van der Waals surface area contributed by atoms with Gasteiger partial charge < -0.3 is 5.32 Å². The van der Waals surface area contributed by atoms with Crippen molar-refractivity contribution in [1.82, 2.24) is 15.5 Å². The Kier molecular flexibility index (Phi) is 5.04. The molecule has 1 aromatic heterocycles. The van der Waals surface area contributed by atoms with E-state index in [1.807, 2.05) is 6.92 Å². The smallest absolute Gasteiger partial charge is 0.230 e. The van der Waals surface area contributed by atoms with Gasteiger partial charge in [-0.3, -0.25) is 4.79 Å². The molecule has 1 amide bonds. The van der Waals surface area contributed by atoms with Crippen LogP contribution in [0, 0.1) is 5.92 Å². The van der Waals surface area contributed by atoms with E-state index in [-0.39, 0.29) is 11.9 Å². The predicted octanol–water partition coefficient (Wildman–Crippen LogP) is 1.79. The normalized spacial score (nSPS) is 12.8. The highest BCUT2D eigenvalue weighted by molar-refractivity contribution is 8.01. The van der Waals surface area contributed by atoms with Gasteiger partial charge in [0, 0.05) is 6.04 Å². The molecule has 6 heteroatoms. The fourth-order valence-electron chi connectivity index (χ4n) is 0.815. The van der Waals surface area contributed by atoms with Gasteiger partial charge in [0.25, 0.3) is 0 Å². The van der Waals surface area contributed by atoms with Gasteiger partial charge in [0.1, 0.15) is 5.51 Å². The predicted molar refractivity (Wildman–Crippen MR) is 63.1 cm³/mol. The summed E-state index contributed by atoms with van der Waals surface area (Å²) in [5, 5.41) is 10.5. The van der Waals surface area contributed by atoms with E-state index in [2.05, 4.69) is 29.4 Å². The van der Waals surface area contributed by atoms with Crippen LogP contribution in [0.5, 0.6) is 0 Å². The summed E-state index contributed by atoms with van der Waals surface area (Å²) < 4.78 is 0.836. The Balaban J connectivity index is 2.25. The van der Waals surface area contributed by atoms with E-state index in [1.165, 1.54) is 23.1 Å². The molecule has 0 bridgehead atoms. The topological polar surface area (TPSA) is 54.9 Å². The van der Waals surface area contributed by atoms with Gasteiger partial charge in [-0.2, -0.15) is 0 Å². The van der Waals surface area contributed by atoms with Crippen LogP contribution in [0.2, 0.25) is 0 Å². The number of rotatable bonds is 5. The van der Waals surface area contributed by atoms with Crippen LogP contribution in [0.4, 0.5) is 0 Å². The number of nitrogens with one attached hydrogen (secondary N) is 1. The maximum absolute atomic E-state index is 11.5. The van der Waals surface area contributed by atoms with Crippen molar-refractivity contribution in [3.8, 4) is 0 Å². The lowest BCUT2D eigenvalue weighted by molar-refractivity contribution is -0.119. The number of amides is 1. The van der Waals surface area contributed by atoms with Crippen molar-refractivity contribution in [2.24, 2.45) is 5.92 Å². The third kappa shape index (κ3) is 4.61. The Bertz CT molecular complexity index is 300. The van der Waals surface area contributed by atoms with Gasteiger partial charge in [0.15, 0.2) is 4.34 Å². The standard InChI is InChI=1S/C9H15N3OS2/c1-6(2)7(3)11-8(13)4-14-9-12-10-5-15-9/h5-7H,4H2,1-3H3,(H,11,13)/t7-/m0/s1. The third-order valence-electron chi connectivity index (χ3n) is 2.06. The van der Waals surface area contributed by atoms with Crippen molar-refractivity contribution in [2.45, 2.75) is 31.2 Å². The average molecular weight is 245 g/mol. The van der Waals surface area contributed by atoms with Gasteiger partial charge in [0.2, 0.25) is 5.91 Å². The number of aromatic nitrogens is 2. The Hall–Kier alpha value is -0.620. The van der Waals surface area contributed by atoms with E-state index >= 15 is 0 Å². The molecule has 0 aliphatic carbocycles. The molecule has 0 saturated carbocycles. The quantitative estimate of drug-likeness (QED) is 0.804. The fourth-order valence-corrected chi connectivity index (χ4v) is 2.11. The molecule has 0 unspecified atom stereocenters. The Morgan fingerprint density at radius 1 is 1.60 bits per heavy atom. The highest BCUT2D eigenvalue weighted by Crippen LogP contribution is 2.18. The maximum atomic E-state index is 11.5. The van der Waals surface area contributed by atoms with Crippen LogP contribution < -0.4 is 5.32 Å². The summed E-state index contributed by atoms with van der Waals surface area (Å²) in [6.45, 7) is 6.18. The third-order valence-corrected chi connectivity index (χ3v) is 3.92. The SMILES string of the molecule is CC(C)[C@H](C)NC(=O)CSc1nncs1. The van der Waals surface area contributed by atoms with E-state index in [4.69, 9.17) is 0 Å². The van der Waals surface area contributed by atoms with Crippen LogP contribution in [-0.2, 0) is 4.79 Å². The van der Waals surface area contributed by atoms with Crippen LogP contribution in [0.25, 0.3) is 0 Å². The summed E-state index contributed by atoms with van der Waals surface area (Å²) in [7, 11) is 0. The first-order valence-corrected chi connectivity index (χ1v) is 6.64. The largest absolute Gasteiger partial charge is 0.353 e. The highest BCUT2D eigenvalue weighted by Gasteiger charge is 2.11. The summed E-state index contributed by atoms with van der Waals surface area (Å²) in [6.07, 6.45) is 0. The maximum Gasteiger partial charge on any atom is 0.230 e. The number of nitrogens with zero attached hydrogens (tertiary/aromatic N) is 2. The lowest BCUT2D eigenvalue weighted by Gasteiger charge is -2.16. The zero-order valence-corrected chi connectivity index (χ0v) is 10.7. The fraction of sp³-hybridized carbons (Fsp3) is 0.667. The van der Waals surface area contributed by atoms with Crippen molar-refractivity contribution in [3.63, 3.8) is 0 Å². The number of hydrogen-bond acceptors (Lipinski definition) is 5. The second-order valence-corrected chi connectivity index (χ2v) is 5.65. The van der Waals surface area contributed by atoms with E-state index in [0.717, 1.165) is 4.34 Å². The Morgan fingerprint density at radius 3 is 2.87 bits per heavy atom. The molecule has 1 aromatic rings. The molecule has 4 nitrogen and oxygen atoms in total. The van der Waals surface area contributed by atoms with Crippen LogP contribution in [0.1, 0.15) is 20.8 Å². The summed E-state index contributed by atoms with van der Waals surface area (Å²) in [5.74, 6) is 0.920. The molecule has 0 spiro atoms. The minimum Gasteiger partial charge on any atom is -0.353 e. The zero-order valence-electron chi connectivity index (χ0n) is 9.06. The van der Waals surface area contributed by atoms with E-state index in [0.29, 0.717) is 11.7 Å². The summed E-state index contributed by atoms with van der Waals surface area (Å²) in [6, 6.07) is 0.215. The minimum atomic E-state index is 0.0522. The zero-order chi connectivity index (χ0) is 11.3. The molecule has 1 rings (SSSR count). The van der Waals surface area contributed by atoms with Crippen molar-refractivity contribution < 1.29 is 4.79 Å². The van der Waals surface area contributed by atoms with Gasteiger partial charge in [0.05, 0.1) is 5.75 Å². The van der Waals surface area contributed by atoms with Crippen LogP contribution in [0.3, 0.4) is 0 Å². The monoisotopic (exact) mass is 245 g/mol. The lowest BCUT2D eigenvalue weighted by atomic mass is 10.1. The lowest BCUT2D eigenvalue weighted by Crippen LogP contribution is -2.37. The molecule has 0 aromatic carbocycles. The van der Waals surface area contributed by atoms with Crippen LogP contribution in [-0.4, -0.2) is 27.9 Å². The number of carbonyl (C=O) groups excluding carboxylic acids is 1. The van der Waals surface area contributed by atoms with Gasteiger partial charge in [-0.15, -0.1) is 10.2 Å². The molecular weight excluding hydrogens is 230 g/mol. The highest BCUT2D eigenvalue weighted by atomic mass is 32.2. The molecule has 1 atom stereocenters. The molecule has 84 valence electrons. The Labute approximate surface area is 97.9 Å². The van der Waals surface area contributed by atoms with E-state index in [1.54, 1.807) is 5.51 Å². The van der Waals surface area contributed by atoms with Gasteiger partial charge in [-0.1, -0.05) is 36.9 Å². The molecule has 0 aliphatic heterocycles. The van der Waals surface area contributed by atoms with Gasteiger partial charge >= 0.3 is 0 Å². The molecule has 1 heterocycles. The molecule has 1 N–H and O–H groups in total. The van der Waals surface area contributed by atoms with E-state index in [9.17, 15) is 4.79 Å². The second-order valence-electron chi connectivity index (χ2n) is 3.59. The Morgan fingerprint density at radius 2 is 2.33 bits per heavy atom. The number of hydrogen-bond donors (Lipinski definition) is 1. The first kappa shape index (κ1) is 12.4. The number of carbonyl (C=O) groups is 1. The number of thioether (sulfide) groups is 1. The van der Waals surface area contributed by atoms with Crippen molar-refractivity contribution in [3.05, 3.63) is 5.51 Å². The van der Waals surface area contributed by atoms with Crippen LogP contribution >= 0.6 is 23.1 Å². The summed E-state index contributed by atoms with van der Waals surface area (Å²) in [4.78, 5) is 11.5. The molecular formula is C9H15N3OS2.